The highest BCUT2D eigenvalue weighted by Gasteiger charge is 2.62. The lowest BCUT2D eigenvalue weighted by Crippen LogP contribution is -2.64. The Kier molecular flexibility index (Phi) is 8.15. The van der Waals surface area contributed by atoms with Crippen molar-refractivity contribution in [3.63, 3.8) is 0 Å². The predicted octanol–water partition coefficient (Wildman–Crippen LogP) is 3.68. The van der Waals surface area contributed by atoms with Crippen LogP contribution in [-0.4, -0.2) is 62.8 Å². The van der Waals surface area contributed by atoms with Gasteiger partial charge in [-0.05, 0) is 12.8 Å². The standard InChI is InChI=1S/C19H30O10P2/c20-15(21)7-5-3-1-2-4-6-8-16(22)29-17(18-9-23-30(24-10-18)25-11-18)19-12-26-31(27-13-19)28-14-19/h17H,1-14H2,(H,20,21). The predicted molar refractivity (Wildman–Crippen MR) is 109 cm³/mol. The average molecular weight is 480 g/mol. The van der Waals surface area contributed by atoms with E-state index in [0.717, 1.165) is 32.1 Å². The molecule has 0 aliphatic carbocycles. The largest absolute Gasteiger partial charge is 0.481 e. The maximum Gasteiger partial charge on any atom is 0.332 e. The van der Waals surface area contributed by atoms with Crippen LogP contribution in [-0.2, 0) is 41.5 Å². The molecule has 31 heavy (non-hydrogen) atoms. The van der Waals surface area contributed by atoms with E-state index in [-0.39, 0.29) is 12.4 Å². The fourth-order valence-corrected chi connectivity index (χ4v) is 6.98. The molecule has 0 aromatic carbocycles. The molecule has 0 atom stereocenters. The first kappa shape index (κ1) is 23.7. The van der Waals surface area contributed by atoms with E-state index < -0.39 is 40.1 Å². The summed E-state index contributed by atoms with van der Waals surface area (Å²) in [6.45, 7) is 2.44. The molecule has 1 N–H and O–H groups in total. The van der Waals surface area contributed by atoms with Crippen molar-refractivity contribution in [3.8, 4) is 0 Å². The molecule has 0 spiro atoms. The van der Waals surface area contributed by atoms with E-state index in [1.807, 2.05) is 0 Å². The number of hydrogen-bond acceptors (Lipinski definition) is 9. The van der Waals surface area contributed by atoms with E-state index in [0.29, 0.717) is 52.5 Å². The van der Waals surface area contributed by atoms with E-state index in [1.165, 1.54) is 0 Å². The third-order valence-electron chi connectivity index (χ3n) is 6.13. The van der Waals surface area contributed by atoms with Crippen LogP contribution in [0.5, 0.6) is 0 Å². The molecule has 6 rings (SSSR count). The number of hydrogen-bond donors (Lipinski definition) is 1. The van der Waals surface area contributed by atoms with Crippen molar-refractivity contribution >= 4 is 29.1 Å². The Morgan fingerprint density at radius 1 is 0.710 bits per heavy atom. The number of rotatable bonds is 12. The molecule has 6 aliphatic rings. The molecule has 0 saturated carbocycles. The van der Waals surface area contributed by atoms with Gasteiger partial charge in [-0.25, -0.2) is 0 Å². The number of carbonyl (C=O) groups is 2. The zero-order valence-corrected chi connectivity index (χ0v) is 19.3. The minimum absolute atomic E-state index is 0.218. The van der Waals surface area contributed by atoms with Gasteiger partial charge < -0.3 is 37.0 Å². The number of ether oxygens (including phenoxy) is 1. The summed E-state index contributed by atoms with van der Waals surface area (Å²) in [4.78, 5) is 23.3. The van der Waals surface area contributed by atoms with Crippen molar-refractivity contribution in [2.24, 2.45) is 10.8 Å². The van der Waals surface area contributed by atoms with Crippen LogP contribution in [0.4, 0.5) is 0 Å². The molecule has 0 radical (unpaired) electrons. The molecular formula is C19H30O10P2. The Balaban J connectivity index is 1.28. The number of esters is 1. The van der Waals surface area contributed by atoms with Gasteiger partial charge in [0.05, 0.1) is 50.5 Å². The smallest absolute Gasteiger partial charge is 0.332 e. The first-order valence-corrected chi connectivity index (χ1v) is 13.0. The molecule has 176 valence electrons. The minimum atomic E-state index is -1.29. The zero-order chi connectivity index (χ0) is 21.7. The number of carbonyl (C=O) groups excluding carboxylic acids is 1. The van der Waals surface area contributed by atoms with E-state index in [4.69, 9.17) is 37.0 Å². The molecular weight excluding hydrogens is 450 g/mol. The molecule has 6 heterocycles. The number of carboxylic acid groups (broad SMARTS) is 1. The van der Waals surface area contributed by atoms with E-state index in [1.54, 1.807) is 0 Å². The third kappa shape index (κ3) is 5.74. The second kappa shape index (κ2) is 10.7. The molecule has 6 saturated heterocycles. The van der Waals surface area contributed by atoms with Crippen molar-refractivity contribution in [2.75, 3.05) is 39.6 Å². The molecule has 0 amide bonds. The van der Waals surface area contributed by atoms with Crippen LogP contribution in [0.1, 0.15) is 51.4 Å². The lowest BCUT2D eigenvalue weighted by atomic mass is 9.69. The number of carboxylic acids is 1. The summed E-state index contributed by atoms with van der Waals surface area (Å²) in [6.07, 6.45) is 5.16. The van der Waals surface area contributed by atoms with Crippen molar-refractivity contribution in [3.05, 3.63) is 0 Å². The lowest BCUT2D eigenvalue weighted by Gasteiger charge is -2.55. The summed E-state index contributed by atoms with van der Waals surface area (Å²) in [5.74, 6) is -1.02. The summed E-state index contributed by atoms with van der Waals surface area (Å²) in [6, 6.07) is 0. The topological polar surface area (TPSA) is 119 Å². The zero-order valence-electron chi connectivity index (χ0n) is 17.5. The Morgan fingerprint density at radius 2 is 1.10 bits per heavy atom. The van der Waals surface area contributed by atoms with Crippen molar-refractivity contribution in [1.82, 2.24) is 0 Å². The van der Waals surface area contributed by atoms with Gasteiger partial charge in [-0.1, -0.05) is 25.7 Å². The van der Waals surface area contributed by atoms with Crippen molar-refractivity contribution in [1.29, 1.82) is 0 Å². The van der Waals surface area contributed by atoms with E-state index in [9.17, 15) is 9.59 Å². The number of unbranched alkanes of at least 4 members (excludes halogenated alkanes) is 5. The van der Waals surface area contributed by atoms with Gasteiger partial charge >= 0.3 is 29.1 Å². The van der Waals surface area contributed by atoms with Crippen LogP contribution in [0.3, 0.4) is 0 Å². The van der Waals surface area contributed by atoms with Gasteiger partial charge in [0.1, 0.15) is 6.10 Å². The highest BCUT2D eigenvalue weighted by atomic mass is 31.2. The fourth-order valence-electron chi connectivity index (χ4n) is 4.36. The van der Waals surface area contributed by atoms with Gasteiger partial charge in [0.2, 0.25) is 0 Å². The monoisotopic (exact) mass is 480 g/mol. The van der Waals surface area contributed by atoms with Crippen LogP contribution in [0.2, 0.25) is 0 Å². The first-order chi connectivity index (χ1) is 15.0. The summed E-state index contributed by atoms with van der Waals surface area (Å²) >= 11 is 0. The number of fused-ring (bicyclic) bond motifs is 6. The molecule has 0 aromatic rings. The van der Waals surface area contributed by atoms with Crippen LogP contribution >= 0.6 is 17.2 Å². The molecule has 6 fully saturated rings. The Labute approximate surface area is 184 Å². The maximum absolute atomic E-state index is 12.8. The van der Waals surface area contributed by atoms with Crippen LogP contribution in [0, 0.1) is 10.8 Å². The van der Waals surface area contributed by atoms with Crippen molar-refractivity contribution in [2.45, 2.75) is 57.5 Å². The van der Waals surface area contributed by atoms with E-state index >= 15 is 0 Å². The van der Waals surface area contributed by atoms with Crippen LogP contribution < -0.4 is 0 Å². The SMILES string of the molecule is O=C(O)CCCCCCCCC(=O)OC(C12COP(OC1)OC2)C12COP(OC1)OC2. The Bertz CT molecular complexity index is 572. The molecule has 4 bridgehead atoms. The maximum atomic E-state index is 12.8. The normalized spacial score (nSPS) is 35.1. The minimum Gasteiger partial charge on any atom is -0.481 e. The van der Waals surface area contributed by atoms with Gasteiger partial charge in [0, 0.05) is 12.8 Å². The van der Waals surface area contributed by atoms with Gasteiger partial charge in [0.15, 0.2) is 0 Å². The molecule has 6 aliphatic heterocycles. The Morgan fingerprint density at radius 3 is 1.52 bits per heavy atom. The highest BCUT2D eigenvalue weighted by Crippen LogP contribution is 2.61. The summed E-state index contributed by atoms with van der Waals surface area (Å²) in [7, 11) is -2.59. The highest BCUT2D eigenvalue weighted by molar-refractivity contribution is 7.42. The second-order valence-electron chi connectivity index (χ2n) is 8.70. The third-order valence-corrected chi connectivity index (χ3v) is 8.17. The van der Waals surface area contributed by atoms with Crippen LogP contribution in [0.25, 0.3) is 0 Å². The summed E-state index contributed by atoms with van der Waals surface area (Å²) in [5.41, 5.74) is -1.21. The van der Waals surface area contributed by atoms with Gasteiger partial charge in [-0.3, -0.25) is 9.59 Å². The van der Waals surface area contributed by atoms with Gasteiger partial charge in [0.25, 0.3) is 0 Å². The van der Waals surface area contributed by atoms with Gasteiger partial charge in [-0.15, -0.1) is 0 Å². The summed E-state index contributed by atoms with van der Waals surface area (Å²) in [5, 5.41) is 8.66. The second-order valence-corrected chi connectivity index (χ2v) is 11.1. The molecule has 10 nitrogen and oxygen atoms in total. The lowest BCUT2D eigenvalue weighted by molar-refractivity contribution is -0.229. The first-order valence-electron chi connectivity index (χ1n) is 10.8. The fraction of sp³-hybridized carbons (Fsp3) is 0.895. The Hall–Kier alpha value is -0.440. The number of aliphatic carboxylic acids is 1. The summed E-state index contributed by atoms with van der Waals surface area (Å²) < 4.78 is 40.1. The average Bonchev–Trinajstić information content (AvgIpc) is 2.81. The van der Waals surface area contributed by atoms with Crippen molar-refractivity contribution < 1.29 is 46.6 Å². The van der Waals surface area contributed by atoms with Gasteiger partial charge in [-0.2, -0.15) is 0 Å². The van der Waals surface area contributed by atoms with E-state index in [2.05, 4.69) is 0 Å². The van der Waals surface area contributed by atoms with Crippen LogP contribution in [0.15, 0.2) is 0 Å². The quantitative estimate of drug-likeness (QED) is 0.252. The molecule has 12 heteroatoms. The molecule has 0 aromatic heterocycles. The molecule has 0 unspecified atom stereocenters.